The zero-order valence-electron chi connectivity index (χ0n) is 16.1. The molecule has 1 saturated heterocycles. The van der Waals surface area contributed by atoms with Gasteiger partial charge < -0.3 is 19.3 Å². The summed E-state index contributed by atoms with van der Waals surface area (Å²) in [7, 11) is 0. The molecule has 0 bridgehead atoms. The summed E-state index contributed by atoms with van der Waals surface area (Å²) in [5, 5.41) is 14.6. The van der Waals surface area contributed by atoms with Gasteiger partial charge in [0, 0.05) is 30.8 Å². The van der Waals surface area contributed by atoms with Gasteiger partial charge in [-0.3, -0.25) is 0 Å². The minimum absolute atomic E-state index is 0.0575. The lowest BCUT2D eigenvalue weighted by atomic mass is 9.95. The summed E-state index contributed by atoms with van der Waals surface area (Å²) < 4.78 is 11.4. The molecule has 1 aliphatic heterocycles. The van der Waals surface area contributed by atoms with Gasteiger partial charge in [-0.05, 0) is 26.2 Å². The summed E-state index contributed by atoms with van der Waals surface area (Å²) in [6, 6.07) is 0.486. The van der Waals surface area contributed by atoms with E-state index < -0.39 is 6.10 Å². The molecule has 8 heteroatoms. The van der Waals surface area contributed by atoms with Crippen LogP contribution in [0.3, 0.4) is 0 Å². The first kappa shape index (κ1) is 18.2. The molecule has 0 spiro atoms. The molecule has 1 N–H and O–H groups in total. The standard InChI is InChI=1S/C19H27N5O3/c1-11(2)18-22-19(27-23-18)24-7-6-14(15(25)9-24)10-26-16-8-20-12(3)21-17(16)13-4-5-13/h8,11,13-15,25H,4-7,9-10H2,1-3H3/t14-,15?/m0/s1. The number of aryl methyl sites for hydroxylation is 1. The monoisotopic (exact) mass is 373 g/mol. The zero-order chi connectivity index (χ0) is 19.0. The van der Waals surface area contributed by atoms with Crippen LogP contribution in [0.25, 0.3) is 0 Å². The molecule has 27 heavy (non-hydrogen) atoms. The van der Waals surface area contributed by atoms with Gasteiger partial charge in [-0.1, -0.05) is 19.0 Å². The third-order valence-electron chi connectivity index (χ3n) is 5.26. The van der Waals surface area contributed by atoms with E-state index in [4.69, 9.17) is 9.26 Å². The Morgan fingerprint density at radius 3 is 2.78 bits per heavy atom. The van der Waals surface area contributed by atoms with Crippen molar-refractivity contribution in [3.05, 3.63) is 23.5 Å². The van der Waals surface area contributed by atoms with Crippen LogP contribution in [0.4, 0.5) is 6.01 Å². The van der Waals surface area contributed by atoms with Crippen LogP contribution >= 0.6 is 0 Å². The van der Waals surface area contributed by atoms with Gasteiger partial charge in [0.1, 0.15) is 5.82 Å². The molecule has 2 fully saturated rings. The molecule has 1 aliphatic carbocycles. The Morgan fingerprint density at radius 2 is 2.11 bits per heavy atom. The maximum absolute atomic E-state index is 10.6. The molecular formula is C19H27N5O3. The predicted octanol–water partition coefficient (Wildman–Crippen LogP) is 2.44. The first-order chi connectivity index (χ1) is 13.0. The van der Waals surface area contributed by atoms with Crippen LogP contribution in [0.1, 0.15) is 62.3 Å². The maximum Gasteiger partial charge on any atom is 0.324 e. The maximum atomic E-state index is 10.6. The highest BCUT2D eigenvalue weighted by molar-refractivity contribution is 5.31. The van der Waals surface area contributed by atoms with E-state index in [-0.39, 0.29) is 11.8 Å². The van der Waals surface area contributed by atoms with E-state index in [2.05, 4.69) is 20.1 Å². The van der Waals surface area contributed by atoms with Gasteiger partial charge in [0.15, 0.2) is 11.6 Å². The number of ether oxygens (including phenoxy) is 1. The Balaban J connectivity index is 1.35. The summed E-state index contributed by atoms with van der Waals surface area (Å²) in [6.45, 7) is 7.63. The van der Waals surface area contributed by atoms with Gasteiger partial charge >= 0.3 is 6.01 Å². The summed E-state index contributed by atoms with van der Waals surface area (Å²) >= 11 is 0. The largest absolute Gasteiger partial charge is 0.490 e. The molecule has 0 radical (unpaired) electrons. The summed E-state index contributed by atoms with van der Waals surface area (Å²) in [5.74, 6) is 3.00. The van der Waals surface area contributed by atoms with Crippen molar-refractivity contribution >= 4 is 6.01 Å². The van der Waals surface area contributed by atoms with Crippen molar-refractivity contribution in [3.8, 4) is 5.75 Å². The average Bonchev–Trinajstić information content (AvgIpc) is 3.37. The second-order valence-electron chi connectivity index (χ2n) is 7.90. The minimum Gasteiger partial charge on any atom is -0.490 e. The molecule has 2 aromatic heterocycles. The molecule has 8 nitrogen and oxygen atoms in total. The van der Waals surface area contributed by atoms with Crippen molar-refractivity contribution in [2.24, 2.45) is 5.92 Å². The third kappa shape index (κ3) is 4.05. The highest BCUT2D eigenvalue weighted by Gasteiger charge is 2.32. The van der Waals surface area contributed by atoms with Crippen molar-refractivity contribution in [2.75, 3.05) is 24.6 Å². The number of aromatic nitrogens is 4. The van der Waals surface area contributed by atoms with Crippen LogP contribution < -0.4 is 9.64 Å². The number of piperidine rings is 1. The topological polar surface area (TPSA) is 97.4 Å². The van der Waals surface area contributed by atoms with E-state index in [0.717, 1.165) is 43.1 Å². The fourth-order valence-electron chi connectivity index (χ4n) is 3.37. The second kappa shape index (κ2) is 7.42. The molecule has 4 rings (SSSR count). The molecule has 2 aliphatic rings. The Kier molecular flexibility index (Phi) is 4.99. The van der Waals surface area contributed by atoms with Gasteiger partial charge in [0.2, 0.25) is 0 Å². The molecule has 0 amide bonds. The molecule has 1 saturated carbocycles. The highest BCUT2D eigenvalue weighted by Crippen LogP contribution is 2.43. The first-order valence-corrected chi connectivity index (χ1v) is 9.74. The number of aliphatic hydroxyl groups excluding tert-OH is 1. The fourth-order valence-corrected chi connectivity index (χ4v) is 3.37. The van der Waals surface area contributed by atoms with E-state index in [9.17, 15) is 5.11 Å². The number of anilines is 1. The van der Waals surface area contributed by atoms with Gasteiger partial charge in [0.25, 0.3) is 0 Å². The van der Waals surface area contributed by atoms with Gasteiger partial charge in [-0.2, -0.15) is 4.98 Å². The molecule has 3 heterocycles. The molecule has 2 atom stereocenters. The smallest absolute Gasteiger partial charge is 0.324 e. The summed E-state index contributed by atoms with van der Waals surface area (Å²) in [4.78, 5) is 15.2. The Bertz CT molecular complexity index is 789. The molecule has 2 aromatic rings. The van der Waals surface area contributed by atoms with Gasteiger partial charge in [-0.15, -0.1) is 0 Å². The Morgan fingerprint density at radius 1 is 1.30 bits per heavy atom. The van der Waals surface area contributed by atoms with E-state index in [1.807, 2.05) is 25.7 Å². The van der Waals surface area contributed by atoms with E-state index in [1.165, 1.54) is 0 Å². The van der Waals surface area contributed by atoms with Gasteiger partial charge in [-0.25, -0.2) is 9.97 Å². The fraction of sp³-hybridized carbons (Fsp3) is 0.684. The Labute approximate surface area is 159 Å². The molecular weight excluding hydrogens is 346 g/mol. The van der Waals surface area contributed by atoms with Crippen molar-refractivity contribution in [1.29, 1.82) is 0 Å². The van der Waals surface area contributed by atoms with Crippen LogP contribution in [-0.2, 0) is 0 Å². The third-order valence-corrected chi connectivity index (χ3v) is 5.26. The number of hydrogen-bond donors (Lipinski definition) is 1. The SMILES string of the molecule is Cc1ncc(OC[C@@H]2CCN(c3nc(C(C)C)no3)CC2O)c(C2CC2)n1. The number of nitrogens with zero attached hydrogens (tertiary/aromatic N) is 5. The first-order valence-electron chi connectivity index (χ1n) is 9.74. The van der Waals surface area contributed by atoms with Crippen molar-refractivity contribution in [2.45, 2.75) is 58.0 Å². The van der Waals surface area contributed by atoms with Gasteiger partial charge in [0.05, 0.1) is 24.6 Å². The minimum atomic E-state index is -0.510. The molecule has 1 unspecified atom stereocenters. The molecule has 146 valence electrons. The van der Waals surface area contributed by atoms with E-state index in [0.29, 0.717) is 30.9 Å². The lowest BCUT2D eigenvalue weighted by Gasteiger charge is -2.34. The highest BCUT2D eigenvalue weighted by atomic mass is 16.5. The van der Waals surface area contributed by atoms with E-state index >= 15 is 0 Å². The number of rotatable bonds is 6. The van der Waals surface area contributed by atoms with Crippen LogP contribution in [0.15, 0.2) is 10.7 Å². The summed E-state index contributed by atoms with van der Waals surface area (Å²) in [5.41, 5.74) is 1.02. The second-order valence-corrected chi connectivity index (χ2v) is 7.90. The number of aliphatic hydroxyl groups is 1. The van der Waals surface area contributed by atoms with E-state index in [1.54, 1.807) is 6.20 Å². The quantitative estimate of drug-likeness (QED) is 0.824. The molecule has 0 aromatic carbocycles. The predicted molar refractivity (Wildman–Crippen MR) is 99.0 cm³/mol. The van der Waals surface area contributed by atoms with Crippen LogP contribution in [-0.4, -0.2) is 51.0 Å². The summed E-state index contributed by atoms with van der Waals surface area (Å²) in [6.07, 6.45) is 4.38. The van der Waals surface area contributed by atoms with Crippen molar-refractivity contribution < 1.29 is 14.4 Å². The lowest BCUT2D eigenvalue weighted by Crippen LogP contribution is -2.46. The number of hydrogen-bond acceptors (Lipinski definition) is 8. The van der Waals surface area contributed by atoms with Crippen LogP contribution in [0, 0.1) is 12.8 Å². The average molecular weight is 373 g/mol. The zero-order valence-corrected chi connectivity index (χ0v) is 16.1. The van der Waals surface area contributed by atoms with Crippen LogP contribution in [0.2, 0.25) is 0 Å². The number of β-amino-alcohol motifs (C(OH)–C–C–N with tert-alkyl or cyclic N) is 1. The Hall–Kier alpha value is -2.22. The van der Waals surface area contributed by atoms with Crippen LogP contribution in [0.5, 0.6) is 5.75 Å². The van der Waals surface area contributed by atoms with Crippen molar-refractivity contribution in [3.63, 3.8) is 0 Å². The lowest BCUT2D eigenvalue weighted by molar-refractivity contribution is 0.0595. The normalized spacial score (nSPS) is 23.1. The van der Waals surface area contributed by atoms with Crippen molar-refractivity contribution in [1.82, 2.24) is 20.1 Å².